The molecule has 0 radical (unpaired) electrons. The Morgan fingerprint density at radius 2 is 1.84 bits per heavy atom. The van der Waals surface area contributed by atoms with Gasteiger partial charge in [0.15, 0.2) is 5.67 Å². The van der Waals surface area contributed by atoms with Crippen LogP contribution in [0, 0.1) is 5.41 Å². The molecule has 0 unspecified atom stereocenters. The van der Waals surface area contributed by atoms with Gasteiger partial charge in [0, 0.05) is 98.1 Å². The Hall–Kier alpha value is -5.36. The Bertz CT molecular complexity index is 2120. The predicted molar refractivity (Wildman–Crippen MR) is 199 cm³/mol. The molecule has 2 aromatic carbocycles. The Balaban J connectivity index is 1.24. The normalized spacial score (nSPS) is 15.8. The van der Waals surface area contributed by atoms with Gasteiger partial charge in [-0.25, -0.2) is 4.39 Å². The van der Waals surface area contributed by atoms with Crippen molar-refractivity contribution in [3.05, 3.63) is 60.7 Å². The number of allylic oxidation sites excluding steroid dienone is 1. The highest BCUT2D eigenvalue weighted by molar-refractivity contribution is 7.65. The van der Waals surface area contributed by atoms with E-state index in [4.69, 9.17) is 20.1 Å². The minimum absolute atomic E-state index is 0.301. The van der Waals surface area contributed by atoms with E-state index in [1.54, 1.807) is 37.7 Å². The number of carbonyl (C=O) groups is 1. The van der Waals surface area contributed by atoms with Crippen LogP contribution in [0.15, 0.2) is 55.1 Å². The summed E-state index contributed by atoms with van der Waals surface area (Å²) in [6, 6.07) is 9.73. The lowest BCUT2D eigenvalue weighted by Crippen LogP contribution is -2.51. The maximum Gasteiger partial charge on any atom is 0.260 e. The molecule has 50 heavy (non-hydrogen) atoms. The van der Waals surface area contributed by atoms with Gasteiger partial charge in [0.2, 0.25) is 5.95 Å². The van der Waals surface area contributed by atoms with E-state index in [1.165, 1.54) is 6.21 Å². The number of ether oxygens (including phenoxy) is 1. The van der Waals surface area contributed by atoms with Crippen LogP contribution in [0.4, 0.5) is 33.2 Å². The van der Waals surface area contributed by atoms with Gasteiger partial charge >= 0.3 is 0 Å². The van der Waals surface area contributed by atoms with Gasteiger partial charge in [-0.2, -0.15) is 9.97 Å². The number of methoxy groups -OCH3 is 1. The van der Waals surface area contributed by atoms with Gasteiger partial charge < -0.3 is 40.9 Å². The fraction of sp³-hybridized carbons (Fsp3) is 0.314. The molecule has 4 heterocycles. The number of aromatic nitrogens is 5. The number of halogens is 1. The van der Waals surface area contributed by atoms with Crippen molar-refractivity contribution in [1.82, 2.24) is 35.1 Å². The maximum atomic E-state index is 14.5. The molecule has 1 aliphatic carbocycles. The van der Waals surface area contributed by atoms with E-state index in [0.717, 1.165) is 38.7 Å². The van der Waals surface area contributed by atoms with E-state index in [-0.39, 0.29) is 0 Å². The number of benzene rings is 2. The van der Waals surface area contributed by atoms with Crippen LogP contribution in [0.3, 0.4) is 0 Å². The quantitative estimate of drug-likeness (QED) is 0.0927. The zero-order chi connectivity index (χ0) is 35.0. The lowest BCUT2D eigenvalue weighted by atomic mass is 10.0. The second kappa shape index (κ2) is 13.5. The van der Waals surface area contributed by atoms with Crippen LogP contribution >= 0.6 is 7.92 Å². The minimum atomic E-state index is -1.69. The third kappa shape index (κ3) is 6.26. The molecule has 1 saturated carbocycles. The summed E-state index contributed by atoms with van der Waals surface area (Å²) in [6.45, 7) is 6.22. The molecule has 2 fully saturated rings. The van der Waals surface area contributed by atoms with Gasteiger partial charge in [0.1, 0.15) is 17.2 Å². The number of fused-ring (bicyclic) bond motifs is 2. The second-order valence-corrected chi connectivity index (χ2v) is 14.7. The number of H-pyrrole nitrogens is 1. The highest BCUT2D eigenvalue weighted by Gasteiger charge is 2.53. The number of anilines is 5. The summed E-state index contributed by atoms with van der Waals surface area (Å²) in [4.78, 5) is 38.5. The molecule has 5 aromatic rings. The summed E-state index contributed by atoms with van der Waals surface area (Å²) < 4.78 is 20.4. The van der Waals surface area contributed by atoms with Crippen molar-refractivity contribution in [2.45, 2.75) is 18.5 Å². The van der Waals surface area contributed by atoms with Gasteiger partial charge in [0.25, 0.3) is 5.91 Å². The van der Waals surface area contributed by atoms with E-state index in [9.17, 15) is 9.18 Å². The number of hydrogen-bond acceptors (Lipinski definition) is 11. The monoisotopic (exact) mass is 695 g/mol. The Labute approximate surface area is 290 Å². The van der Waals surface area contributed by atoms with E-state index in [2.05, 4.69) is 49.1 Å². The molecule has 3 aromatic heterocycles. The smallest absolute Gasteiger partial charge is 0.260 e. The fourth-order valence-electron chi connectivity index (χ4n) is 6.35. The third-order valence-corrected chi connectivity index (χ3v) is 10.4. The zero-order valence-electron chi connectivity index (χ0n) is 28.3. The van der Waals surface area contributed by atoms with Crippen LogP contribution in [0.5, 0.6) is 5.75 Å². The van der Waals surface area contributed by atoms with Crippen molar-refractivity contribution >= 4 is 81.8 Å². The van der Waals surface area contributed by atoms with Crippen molar-refractivity contribution in [2.75, 3.05) is 69.2 Å². The van der Waals surface area contributed by atoms with Gasteiger partial charge in [-0.1, -0.05) is 7.92 Å². The Kier molecular flexibility index (Phi) is 8.96. The molecular weight excluding hydrogens is 656 g/mol. The molecule has 0 atom stereocenters. The van der Waals surface area contributed by atoms with Crippen molar-refractivity contribution < 1.29 is 13.9 Å². The number of nitrogens with zero attached hydrogens (tertiary/aromatic N) is 6. The molecule has 5 N–H and O–H groups in total. The largest absolute Gasteiger partial charge is 0.494 e. The molecular formula is C35H39FN11O2P. The van der Waals surface area contributed by atoms with Crippen LogP contribution in [0.25, 0.3) is 27.6 Å². The number of aromatic amines is 1. The van der Waals surface area contributed by atoms with E-state index >= 15 is 0 Å². The first-order chi connectivity index (χ1) is 24.2. The second-order valence-electron chi connectivity index (χ2n) is 12.5. The average molecular weight is 696 g/mol. The summed E-state index contributed by atoms with van der Waals surface area (Å²) in [7, 11) is 2.83. The Morgan fingerprint density at radius 1 is 1.06 bits per heavy atom. The van der Waals surface area contributed by atoms with Crippen molar-refractivity contribution in [3.63, 3.8) is 0 Å². The minimum Gasteiger partial charge on any atom is -0.494 e. The first-order valence-electron chi connectivity index (χ1n) is 16.4. The molecule has 13 nitrogen and oxygen atoms in total. The molecule has 258 valence electrons. The van der Waals surface area contributed by atoms with Crippen LogP contribution in [-0.2, 0) is 4.79 Å². The standard InChI is InChI=1S/C35H39FN11O2P/c1-38-20-21(19-37)23-17-26(28(49-2)18-27(23)46-13-15-47(16-14-46)33(48)35(36)8-9-35)43-34-44-31-22(7-10-41-31)32(45-34)42-25-6-5-24-29(30(25)50(3)4)40-12-11-39-24/h5-7,10-12,17-20,37-38H,8-9,13-16H2,1-4H3,(H3,41,42,43,44,45)/b21-20+,37-19?. The summed E-state index contributed by atoms with van der Waals surface area (Å²) in [5.41, 5.74) is 4.39. The van der Waals surface area contributed by atoms with E-state index < -0.39 is 19.5 Å². The van der Waals surface area contributed by atoms with Crippen molar-refractivity contribution in [2.24, 2.45) is 0 Å². The lowest BCUT2D eigenvalue weighted by Gasteiger charge is -2.38. The molecule has 1 aliphatic heterocycles. The number of piperazine rings is 1. The summed E-state index contributed by atoms with van der Waals surface area (Å²) in [6.07, 6.45) is 8.88. The topological polar surface area (TPSA) is 160 Å². The number of alkyl halides is 1. The van der Waals surface area contributed by atoms with Crippen LogP contribution < -0.4 is 30.9 Å². The molecule has 7 rings (SSSR count). The van der Waals surface area contributed by atoms with Crippen LogP contribution in [0.2, 0.25) is 0 Å². The fourth-order valence-corrected chi connectivity index (χ4v) is 7.56. The summed E-state index contributed by atoms with van der Waals surface area (Å²) in [5, 5.41) is 20.1. The maximum absolute atomic E-state index is 14.5. The molecule has 2 aliphatic rings. The van der Waals surface area contributed by atoms with Crippen LogP contribution in [0.1, 0.15) is 18.4 Å². The van der Waals surface area contributed by atoms with Gasteiger partial charge in [-0.15, -0.1) is 0 Å². The molecule has 0 bridgehead atoms. The highest BCUT2D eigenvalue weighted by atomic mass is 31.1. The van der Waals surface area contributed by atoms with Crippen molar-refractivity contribution in [1.29, 1.82) is 5.41 Å². The van der Waals surface area contributed by atoms with Gasteiger partial charge in [-0.3, -0.25) is 14.8 Å². The number of nitrogens with one attached hydrogen (secondary N) is 5. The molecule has 15 heteroatoms. The zero-order valence-corrected chi connectivity index (χ0v) is 29.2. The third-order valence-electron chi connectivity index (χ3n) is 9.04. The summed E-state index contributed by atoms with van der Waals surface area (Å²) >= 11 is 0. The molecule has 0 spiro atoms. The number of amides is 1. The summed E-state index contributed by atoms with van der Waals surface area (Å²) in [5.74, 6) is 1.07. The Morgan fingerprint density at radius 3 is 2.54 bits per heavy atom. The highest BCUT2D eigenvalue weighted by Crippen LogP contribution is 2.43. The number of hydrogen-bond donors (Lipinski definition) is 5. The first kappa shape index (κ1) is 33.2. The average Bonchev–Trinajstić information content (AvgIpc) is 3.70. The number of rotatable bonds is 11. The lowest BCUT2D eigenvalue weighted by molar-refractivity contribution is -0.138. The van der Waals surface area contributed by atoms with E-state index in [0.29, 0.717) is 73.4 Å². The predicted octanol–water partition coefficient (Wildman–Crippen LogP) is 5.12. The molecule has 1 saturated heterocycles. The van der Waals surface area contributed by atoms with Gasteiger partial charge in [0.05, 0.1) is 29.2 Å². The number of carbonyl (C=O) groups excluding carboxylic acids is 1. The van der Waals surface area contributed by atoms with E-state index in [1.807, 2.05) is 36.5 Å². The van der Waals surface area contributed by atoms with Crippen LogP contribution in [-0.4, -0.2) is 101 Å². The van der Waals surface area contributed by atoms with Gasteiger partial charge in [-0.05, 0) is 50.4 Å². The molecule has 1 amide bonds. The van der Waals surface area contributed by atoms with Crippen molar-refractivity contribution in [3.8, 4) is 5.75 Å². The SMILES string of the molecule is CN/C=C(\C=N)c1cc(Nc2nc(Nc3ccc4nccnc4c3P(C)C)c3cc[nH]c3n2)c(OC)cc1N1CCN(C(=O)C2(F)CC2)CC1. The first-order valence-corrected chi connectivity index (χ1v) is 18.6.